The summed E-state index contributed by atoms with van der Waals surface area (Å²) in [4.78, 5) is 24.2. The normalized spacial score (nSPS) is 17.2. The second kappa shape index (κ2) is 4.83. The standard InChI is InChI=1S/C15H21NO3/c1-5-6-16-14(18)13-9(2)12-10(17)7-15(3,4)8-11(12)19-13/h5-8H2,1-4H3,(H,16,18). The summed E-state index contributed by atoms with van der Waals surface area (Å²) in [5.74, 6) is 0.825. The molecule has 1 amide bonds. The van der Waals surface area contributed by atoms with Crippen molar-refractivity contribution in [3.05, 3.63) is 22.6 Å². The van der Waals surface area contributed by atoms with Crippen molar-refractivity contribution in [2.24, 2.45) is 5.41 Å². The molecule has 104 valence electrons. The number of carbonyl (C=O) groups excluding carboxylic acids is 2. The van der Waals surface area contributed by atoms with Crippen LogP contribution in [0.4, 0.5) is 0 Å². The number of hydrogen-bond acceptors (Lipinski definition) is 3. The van der Waals surface area contributed by atoms with Crippen molar-refractivity contribution in [1.29, 1.82) is 0 Å². The van der Waals surface area contributed by atoms with E-state index < -0.39 is 0 Å². The number of nitrogens with one attached hydrogen (secondary N) is 1. The maximum atomic E-state index is 12.2. The fourth-order valence-electron chi connectivity index (χ4n) is 2.62. The molecule has 1 aliphatic rings. The Bertz CT molecular complexity index is 526. The predicted octanol–water partition coefficient (Wildman–Crippen LogP) is 2.88. The maximum absolute atomic E-state index is 12.2. The molecule has 0 atom stereocenters. The van der Waals surface area contributed by atoms with Crippen LogP contribution in [-0.2, 0) is 6.42 Å². The zero-order valence-corrected chi connectivity index (χ0v) is 12.1. The van der Waals surface area contributed by atoms with E-state index in [9.17, 15) is 9.59 Å². The molecule has 0 fully saturated rings. The van der Waals surface area contributed by atoms with Crippen LogP contribution in [0.15, 0.2) is 4.42 Å². The maximum Gasteiger partial charge on any atom is 0.287 e. The molecule has 2 rings (SSSR count). The lowest BCUT2D eigenvalue weighted by Gasteiger charge is -2.27. The van der Waals surface area contributed by atoms with Gasteiger partial charge < -0.3 is 9.73 Å². The Labute approximate surface area is 113 Å². The van der Waals surface area contributed by atoms with Crippen molar-refractivity contribution in [3.8, 4) is 0 Å². The van der Waals surface area contributed by atoms with E-state index in [2.05, 4.69) is 5.32 Å². The number of rotatable bonds is 3. The zero-order valence-electron chi connectivity index (χ0n) is 12.1. The highest BCUT2D eigenvalue weighted by Gasteiger charge is 2.36. The number of amides is 1. The quantitative estimate of drug-likeness (QED) is 0.912. The minimum atomic E-state index is -0.223. The summed E-state index contributed by atoms with van der Waals surface area (Å²) in [5.41, 5.74) is 1.22. The summed E-state index contributed by atoms with van der Waals surface area (Å²) in [6.45, 7) is 8.49. The summed E-state index contributed by atoms with van der Waals surface area (Å²) in [6, 6.07) is 0. The number of furan rings is 1. The van der Waals surface area contributed by atoms with Gasteiger partial charge in [-0.15, -0.1) is 0 Å². The third-order valence-electron chi connectivity index (χ3n) is 3.52. The van der Waals surface area contributed by atoms with Crippen molar-refractivity contribution in [1.82, 2.24) is 5.32 Å². The summed E-state index contributed by atoms with van der Waals surface area (Å²) < 4.78 is 5.67. The lowest BCUT2D eigenvalue weighted by Crippen LogP contribution is -2.26. The van der Waals surface area contributed by atoms with Gasteiger partial charge in [0.1, 0.15) is 5.76 Å². The Morgan fingerprint density at radius 1 is 1.37 bits per heavy atom. The first-order valence-corrected chi connectivity index (χ1v) is 6.79. The van der Waals surface area contributed by atoms with Crippen molar-refractivity contribution in [2.45, 2.75) is 47.0 Å². The van der Waals surface area contributed by atoms with Crippen molar-refractivity contribution < 1.29 is 14.0 Å². The van der Waals surface area contributed by atoms with Gasteiger partial charge in [-0.3, -0.25) is 9.59 Å². The van der Waals surface area contributed by atoms with Crippen molar-refractivity contribution >= 4 is 11.7 Å². The largest absolute Gasteiger partial charge is 0.455 e. The van der Waals surface area contributed by atoms with Crippen molar-refractivity contribution in [2.75, 3.05) is 6.54 Å². The van der Waals surface area contributed by atoms with Crippen LogP contribution in [0.1, 0.15) is 65.8 Å². The van der Waals surface area contributed by atoms with Gasteiger partial charge in [-0.1, -0.05) is 20.8 Å². The molecule has 1 aromatic heterocycles. The van der Waals surface area contributed by atoms with Gasteiger partial charge in [0.15, 0.2) is 11.5 Å². The van der Waals surface area contributed by atoms with Gasteiger partial charge in [0.2, 0.25) is 0 Å². The number of fused-ring (bicyclic) bond motifs is 1. The summed E-state index contributed by atoms with van der Waals surface area (Å²) >= 11 is 0. The molecular formula is C15H21NO3. The molecule has 0 aromatic carbocycles. The van der Waals surface area contributed by atoms with Gasteiger partial charge >= 0.3 is 0 Å². The average molecular weight is 263 g/mol. The zero-order chi connectivity index (χ0) is 14.2. The van der Waals surface area contributed by atoms with Crippen LogP contribution in [0.5, 0.6) is 0 Å². The molecule has 1 N–H and O–H groups in total. The highest BCUT2D eigenvalue weighted by molar-refractivity contribution is 6.03. The molecule has 4 nitrogen and oxygen atoms in total. The van der Waals surface area contributed by atoms with E-state index in [-0.39, 0.29) is 17.1 Å². The number of hydrogen-bond donors (Lipinski definition) is 1. The van der Waals surface area contributed by atoms with Crippen molar-refractivity contribution in [3.63, 3.8) is 0 Å². The van der Waals surface area contributed by atoms with Crippen LogP contribution < -0.4 is 5.32 Å². The molecule has 0 radical (unpaired) electrons. The highest BCUT2D eigenvalue weighted by Crippen LogP contribution is 2.38. The molecular weight excluding hydrogens is 242 g/mol. The molecule has 1 aromatic rings. The van der Waals surface area contributed by atoms with Crippen LogP contribution in [0.3, 0.4) is 0 Å². The molecule has 0 aliphatic heterocycles. The molecule has 0 saturated carbocycles. The van der Waals surface area contributed by atoms with Crippen LogP contribution in [0.25, 0.3) is 0 Å². The van der Waals surface area contributed by atoms with Crippen LogP contribution in [0, 0.1) is 12.3 Å². The fourth-order valence-corrected chi connectivity index (χ4v) is 2.62. The van der Waals surface area contributed by atoms with Gasteiger partial charge in [-0.2, -0.15) is 0 Å². The highest BCUT2D eigenvalue weighted by atomic mass is 16.4. The molecule has 0 spiro atoms. The second-order valence-electron chi connectivity index (χ2n) is 6.05. The number of ketones is 1. The SMILES string of the molecule is CCCNC(=O)c1oc2c(c1C)C(=O)CC(C)(C)C2. The van der Waals surface area contributed by atoms with E-state index in [1.165, 1.54) is 0 Å². The van der Waals surface area contributed by atoms with E-state index in [1.807, 2.05) is 20.8 Å². The van der Waals surface area contributed by atoms with E-state index in [0.717, 1.165) is 6.42 Å². The topological polar surface area (TPSA) is 59.3 Å². The summed E-state index contributed by atoms with van der Waals surface area (Å²) in [5, 5.41) is 2.79. The van der Waals surface area contributed by atoms with Gasteiger partial charge in [0.25, 0.3) is 5.91 Å². The van der Waals surface area contributed by atoms with Gasteiger partial charge in [-0.25, -0.2) is 0 Å². The van der Waals surface area contributed by atoms with E-state index in [0.29, 0.717) is 42.0 Å². The first kappa shape index (κ1) is 13.8. The Kier molecular flexibility index (Phi) is 3.52. The Morgan fingerprint density at radius 2 is 2.05 bits per heavy atom. The fraction of sp³-hybridized carbons (Fsp3) is 0.600. The van der Waals surface area contributed by atoms with E-state index in [1.54, 1.807) is 6.92 Å². The number of carbonyl (C=O) groups is 2. The molecule has 0 unspecified atom stereocenters. The first-order valence-electron chi connectivity index (χ1n) is 6.79. The third-order valence-corrected chi connectivity index (χ3v) is 3.52. The molecule has 1 heterocycles. The molecule has 19 heavy (non-hydrogen) atoms. The Hall–Kier alpha value is -1.58. The minimum absolute atomic E-state index is 0.0852. The molecule has 0 saturated heterocycles. The van der Waals surface area contributed by atoms with Gasteiger partial charge in [-0.05, 0) is 18.8 Å². The summed E-state index contributed by atoms with van der Waals surface area (Å²) in [6.07, 6.45) is 2.09. The average Bonchev–Trinajstić information content (AvgIpc) is 2.61. The van der Waals surface area contributed by atoms with Crippen LogP contribution in [0.2, 0.25) is 0 Å². The van der Waals surface area contributed by atoms with Gasteiger partial charge in [0.05, 0.1) is 5.56 Å². The number of Topliss-reactive ketones (excluding diaryl/α,β-unsaturated/α-hetero) is 1. The van der Waals surface area contributed by atoms with Crippen LogP contribution in [-0.4, -0.2) is 18.2 Å². The lowest BCUT2D eigenvalue weighted by atomic mass is 9.76. The lowest BCUT2D eigenvalue weighted by molar-refractivity contribution is 0.0889. The third kappa shape index (κ3) is 2.57. The monoisotopic (exact) mass is 263 g/mol. The van der Waals surface area contributed by atoms with Crippen LogP contribution >= 0.6 is 0 Å². The summed E-state index contributed by atoms with van der Waals surface area (Å²) in [7, 11) is 0. The van der Waals surface area contributed by atoms with Gasteiger partial charge in [0, 0.05) is 24.9 Å². The Morgan fingerprint density at radius 3 is 2.68 bits per heavy atom. The minimum Gasteiger partial charge on any atom is -0.455 e. The smallest absolute Gasteiger partial charge is 0.287 e. The Balaban J connectivity index is 2.36. The molecule has 0 bridgehead atoms. The van der Waals surface area contributed by atoms with E-state index >= 15 is 0 Å². The van der Waals surface area contributed by atoms with E-state index in [4.69, 9.17) is 4.42 Å². The first-order chi connectivity index (χ1) is 8.85. The molecule has 1 aliphatic carbocycles. The molecule has 4 heteroatoms. The predicted molar refractivity (Wildman–Crippen MR) is 72.5 cm³/mol. The second-order valence-corrected chi connectivity index (χ2v) is 6.05.